The first-order chi connectivity index (χ1) is 4.61. The largest absolute Gasteiger partial charge is 0.257 e. The van der Waals surface area contributed by atoms with Crippen molar-refractivity contribution in [3.63, 3.8) is 0 Å². The highest BCUT2D eigenvalue weighted by Gasteiger charge is 2.13. The predicted octanol–water partition coefficient (Wildman–Crippen LogP) is 1.79. The van der Waals surface area contributed by atoms with Gasteiger partial charge in [-0.25, -0.2) is 8.42 Å². The Kier molecular flexibility index (Phi) is 2.16. The molecule has 56 valence electrons. The van der Waals surface area contributed by atoms with Gasteiger partial charge in [0, 0.05) is 10.7 Å². The second-order valence-electron chi connectivity index (χ2n) is 2.04. The lowest BCUT2D eigenvalue weighted by atomic mass is 10.2. The summed E-state index contributed by atoms with van der Waals surface area (Å²) < 4.78 is 21.3. The average molecular weight is 179 g/mol. The monoisotopic (exact) mass is 178 g/mol. The summed E-state index contributed by atoms with van der Waals surface area (Å²) in [5.74, 6) is 0. The van der Waals surface area contributed by atoms with Crippen LogP contribution in [0.25, 0.3) is 0 Å². The average Bonchev–Trinajstić information content (AvgIpc) is 1.88. The molecule has 2 nitrogen and oxygen atoms in total. The summed E-state index contributed by atoms with van der Waals surface area (Å²) in [5, 5.41) is 0. The van der Waals surface area contributed by atoms with Gasteiger partial charge in [-0.05, 0) is 18.9 Å². The molecule has 0 aromatic heterocycles. The number of halogens is 1. The van der Waals surface area contributed by atoms with Crippen LogP contribution in [-0.4, -0.2) is 8.42 Å². The highest BCUT2D eigenvalue weighted by Crippen LogP contribution is 2.20. The summed E-state index contributed by atoms with van der Waals surface area (Å²) in [5.41, 5.74) is 0. The second kappa shape index (κ2) is 2.76. The van der Waals surface area contributed by atoms with Crippen LogP contribution in [0, 0.1) is 0 Å². The van der Waals surface area contributed by atoms with Gasteiger partial charge < -0.3 is 0 Å². The molecule has 0 spiro atoms. The van der Waals surface area contributed by atoms with Gasteiger partial charge in [0.2, 0.25) is 0 Å². The SMILES string of the molecule is O=S(=O)(Cl)C1=CC=CCC1. The molecule has 0 radical (unpaired) electrons. The van der Waals surface area contributed by atoms with Crippen LogP contribution in [0.4, 0.5) is 0 Å². The highest BCUT2D eigenvalue weighted by molar-refractivity contribution is 8.16. The van der Waals surface area contributed by atoms with Gasteiger partial charge in [-0.3, -0.25) is 0 Å². The lowest BCUT2D eigenvalue weighted by molar-refractivity contribution is 0.613. The summed E-state index contributed by atoms with van der Waals surface area (Å²) in [6.45, 7) is 0. The molecular weight excluding hydrogens is 172 g/mol. The lowest BCUT2D eigenvalue weighted by Crippen LogP contribution is -1.96. The molecule has 1 rings (SSSR count). The van der Waals surface area contributed by atoms with Crippen LogP contribution in [0.15, 0.2) is 23.1 Å². The minimum atomic E-state index is -3.44. The number of hydrogen-bond donors (Lipinski definition) is 0. The Morgan fingerprint density at radius 3 is 2.50 bits per heavy atom. The number of hydrogen-bond acceptors (Lipinski definition) is 2. The van der Waals surface area contributed by atoms with Crippen molar-refractivity contribution >= 4 is 19.7 Å². The van der Waals surface area contributed by atoms with Gasteiger partial charge in [-0.2, -0.15) is 0 Å². The molecule has 0 aromatic carbocycles. The van der Waals surface area contributed by atoms with Crippen molar-refractivity contribution in [3.8, 4) is 0 Å². The molecule has 0 saturated carbocycles. The number of rotatable bonds is 1. The smallest absolute Gasteiger partial charge is 0.207 e. The van der Waals surface area contributed by atoms with E-state index in [-0.39, 0.29) is 0 Å². The van der Waals surface area contributed by atoms with E-state index in [1.165, 1.54) is 6.08 Å². The first-order valence-electron chi connectivity index (χ1n) is 2.91. The van der Waals surface area contributed by atoms with Crippen molar-refractivity contribution in [2.45, 2.75) is 12.8 Å². The molecule has 1 aliphatic carbocycles. The highest BCUT2D eigenvalue weighted by atomic mass is 35.7. The summed E-state index contributed by atoms with van der Waals surface area (Å²) in [6, 6.07) is 0. The third kappa shape index (κ3) is 1.85. The van der Waals surface area contributed by atoms with E-state index in [1.54, 1.807) is 6.08 Å². The van der Waals surface area contributed by atoms with E-state index < -0.39 is 9.05 Å². The van der Waals surface area contributed by atoms with E-state index >= 15 is 0 Å². The van der Waals surface area contributed by atoms with Crippen molar-refractivity contribution < 1.29 is 8.42 Å². The molecule has 0 amide bonds. The van der Waals surface area contributed by atoms with Gasteiger partial charge >= 0.3 is 0 Å². The minimum absolute atomic E-state index is 0.316. The minimum Gasteiger partial charge on any atom is -0.207 e. The zero-order valence-electron chi connectivity index (χ0n) is 5.25. The van der Waals surface area contributed by atoms with Crippen LogP contribution in [0.1, 0.15) is 12.8 Å². The van der Waals surface area contributed by atoms with Gasteiger partial charge in [0.05, 0.1) is 4.91 Å². The fraction of sp³-hybridized carbons (Fsp3) is 0.333. The topological polar surface area (TPSA) is 34.1 Å². The van der Waals surface area contributed by atoms with E-state index in [0.29, 0.717) is 11.3 Å². The predicted molar refractivity (Wildman–Crippen MR) is 41.2 cm³/mol. The number of allylic oxidation sites excluding steroid dienone is 4. The Bertz CT molecular complexity index is 274. The van der Waals surface area contributed by atoms with Crippen LogP contribution in [0.2, 0.25) is 0 Å². The fourth-order valence-electron chi connectivity index (χ4n) is 0.784. The normalized spacial score (nSPS) is 18.7. The van der Waals surface area contributed by atoms with Gasteiger partial charge in [0.15, 0.2) is 0 Å². The zero-order valence-corrected chi connectivity index (χ0v) is 6.82. The summed E-state index contributed by atoms with van der Waals surface area (Å²) >= 11 is 0. The van der Waals surface area contributed by atoms with E-state index in [9.17, 15) is 8.42 Å². The molecule has 0 aromatic rings. The molecule has 0 aliphatic heterocycles. The molecular formula is C6H7ClO2S. The van der Waals surface area contributed by atoms with Gasteiger partial charge in [0.1, 0.15) is 0 Å². The fourth-order valence-corrected chi connectivity index (χ4v) is 1.77. The molecule has 0 saturated heterocycles. The van der Waals surface area contributed by atoms with E-state index in [4.69, 9.17) is 10.7 Å². The van der Waals surface area contributed by atoms with Crippen LogP contribution >= 0.6 is 10.7 Å². The van der Waals surface area contributed by atoms with Crippen molar-refractivity contribution in [3.05, 3.63) is 23.1 Å². The van der Waals surface area contributed by atoms with Crippen LogP contribution < -0.4 is 0 Å². The Hall–Kier alpha value is -0.280. The first-order valence-corrected chi connectivity index (χ1v) is 5.22. The molecule has 0 unspecified atom stereocenters. The molecule has 0 fully saturated rings. The molecule has 4 heteroatoms. The van der Waals surface area contributed by atoms with Gasteiger partial charge in [-0.1, -0.05) is 12.2 Å². The lowest BCUT2D eigenvalue weighted by Gasteiger charge is -2.02. The van der Waals surface area contributed by atoms with E-state index in [0.717, 1.165) is 6.42 Å². The summed E-state index contributed by atoms with van der Waals surface area (Å²) in [4.78, 5) is 0.316. The van der Waals surface area contributed by atoms with Gasteiger partial charge in [0.25, 0.3) is 9.05 Å². The Labute approximate surface area is 64.6 Å². The maximum atomic E-state index is 10.6. The maximum absolute atomic E-state index is 10.6. The molecule has 10 heavy (non-hydrogen) atoms. The summed E-state index contributed by atoms with van der Waals surface area (Å²) in [6.07, 6.45) is 6.44. The van der Waals surface area contributed by atoms with Crippen molar-refractivity contribution in [2.24, 2.45) is 0 Å². The second-order valence-corrected chi connectivity index (χ2v) is 4.66. The third-order valence-electron chi connectivity index (χ3n) is 1.29. The molecule has 0 N–H and O–H groups in total. The Morgan fingerprint density at radius 1 is 1.50 bits per heavy atom. The van der Waals surface area contributed by atoms with E-state index in [2.05, 4.69) is 0 Å². The van der Waals surface area contributed by atoms with Crippen LogP contribution in [0.3, 0.4) is 0 Å². The maximum Gasteiger partial charge on any atom is 0.257 e. The van der Waals surface area contributed by atoms with Gasteiger partial charge in [-0.15, -0.1) is 0 Å². The molecule has 0 bridgehead atoms. The molecule has 1 aliphatic rings. The zero-order chi connectivity index (χ0) is 7.61. The summed E-state index contributed by atoms with van der Waals surface area (Å²) in [7, 11) is 1.64. The van der Waals surface area contributed by atoms with E-state index in [1.807, 2.05) is 6.08 Å². The van der Waals surface area contributed by atoms with Crippen molar-refractivity contribution in [2.75, 3.05) is 0 Å². The quantitative estimate of drug-likeness (QED) is 0.574. The van der Waals surface area contributed by atoms with Crippen molar-refractivity contribution in [1.29, 1.82) is 0 Å². The molecule has 0 atom stereocenters. The first kappa shape index (κ1) is 7.82. The molecule has 0 heterocycles. The van der Waals surface area contributed by atoms with Crippen molar-refractivity contribution in [1.82, 2.24) is 0 Å². The van der Waals surface area contributed by atoms with Crippen LogP contribution in [-0.2, 0) is 9.05 Å². The standard InChI is InChI=1S/C6H7ClO2S/c7-10(8,9)6-4-2-1-3-5-6/h1-2,4H,3,5H2. The Balaban J connectivity index is 2.93. The van der Waals surface area contributed by atoms with Crippen LogP contribution in [0.5, 0.6) is 0 Å². The Morgan fingerprint density at radius 2 is 2.20 bits per heavy atom. The third-order valence-corrected chi connectivity index (χ3v) is 2.85.